The van der Waals surface area contributed by atoms with Crippen LogP contribution in [0.15, 0.2) is 0 Å². The van der Waals surface area contributed by atoms with Gasteiger partial charge in [-0.1, -0.05) is 13.8 Å². The van der Waals surface area contributed by atoms with Gasteiger partial charge in [-0.25, -0.2) is 0 Å². The first-order chi connectivity index (χ1) is 5.61. The lowest BCUT2D eigenvalue weighted by molar-refractivity contribution is -0.136. The number of ether oxygens (including phenoxy) is 1. The van der Waals surface area contributed by atoms with Gasteiger partial charge in [-0.2, -0.15) is 0 Å². The van der Waals surface area contributed by atoms with Gasteiger partial charge in [0.2, 0.25) is 5.91 Å². The molecule has 1 saturated heterocycles. The standard InChI is InChI=1S/C9H17NO2/c1-7(2)9(11)10(3)4-8-5-12-6-8/h7-8H,4-6H2,1-3H3. The van der Waals surface area contributed by atoms with Crippen LogP contribution in [0.4, 0.5) is 0 Å². The number of carbonyl (C=O) groups is 1. The summed E-state index contributed by atoms with van der Waals surface area (Å²) in [5, 5.41) is 0. The number of carbonyl (C=O) groups excluding carboxylic acids is 1. The minimum atomic E-state index is 0.107. The van der Waals surface area contributed by atoms with Gasteiger partial charge in [0.15, 0.2) is 0 Å². The molecule has 3 heteroatoms. The number of hydrogen-bond acceptors (Lipinski definition) is 2. The SMILES string of the molecule is CC(C)C(=O)N(C)CC1COC1. The quantitative estimate of drug-likeness (QED) is 0.627. The van der Waals surface area contributed by atoms with E-state index in [2.05, 4.69) is 0 Å². The van der Waals surface area contributed by atoms with E-state index in [1.54, 1.807) is 4.90 Å². The molecule has 1 amide bonds. The second kappa shape index (κ2) is 3.90. The second-order valence-electron chi connectivity index (χ2n) is 3.78. The monoisotopic (exact) mass is 171 g/mol. The Morgan fingerprint density at radius 3 is 2.50 bits per heavy atom. The van der Waals surface area contributed by atoms with E-state index in [0.717, 1.165) is 19.8 Å². The molecule has 70 valence electrons. The molecule has 0 atom stereocenters. The van der Waals surface area contributed by atoms with Crippen LogP contribution in [0, 0.1) is 11.8 Å². The maximum atomic E-state index is 11.4. The van der Waals surface area contributed by atoms with Crippen LogP contribution in [0.2, 0.25) is 0 Å². The third kappa shape index (κ3) is 2.21. The minimum Gasteiger partial charge on any atom is -0.381 e. The van der Waals surface area contributed by atoms with Gasteiger partial charge in [0.25, 0.3) is 0 Å². The van der Waals surface area contributed by atoms with Gasteiger partial charge in [0.1, 0.15) is 0 Å². The Morgan fingerprint density at radius 1 is 1.58 bits per heavy atom. The summed E-state index contributed by atoms with van der Waals surface area (Å²) in [6.07, 6.45) is 0. The molecule has 0 aliphatic carbocycles. The van der Waals surface area contributed by atoms with Gasteiger partial charge < -0.3 is 9.64 Å². The number of hydrogen-bond donors (Lipinski definition) is 0. The van der Waals surface area contributed by atoms with Crippen LogP contribution in [-0.2, 0) is 9.53 Å². The lowest BCUT2D eigenvalue weighted by Crippen LogP contribution is -2.41. The molecule has 3 nitrogen and oxygen atoms in total. The number of rotatable bonds is 3. The molecule has 0 radical (unpaired) electrons. The molecule has 0 bridgehead atoms. The predicted octanol–water partition coefficient (Wildman–Crippen LogP) is 0.747. The van der Waals surface area contributed by atoms with Gasteiger partial charge in [0, 0.05) is 25.4 Å². The van der Waals surface area contributed by atoms with E-state index in [4.69, 9.17) is 4.74 Å². The van der Waals surface area contributed by atoms with E-state index >= 15 is 0 Å². The Bertz CT molecular complexity index is 164. The minimum absolute atomic E-state index is 0.107. The molecule has 0 saturated carbocycles. The first-order valence-corrected chi connectivity index (χ1v) is 4.44. The van der Waals surface area contributed by atoms with Gasteiger partial charge in [0.05, 0.1) is 13.2 Å². The molecule has 0 N–H and O–H groups in total. The van der Waals surface area contributed by atoms with Gasteiger partial charge in [-0.15, -0.1) is 0 Å². The van der Waals surface area contributed by atoms with E-state index in [-0.39, 0.29) is 11.8 Å². The highest BCUT2D eigenvalue weighted by molar-refractivity contribution is 5.77. The molecule has 0 aromatic rings. The van der Waals surface area contributed by atoms with Crippen molar-refractivity contribution in [1.29, 1.82) is 0 Å². The Labute approximate surface area is 73.7 Å². The fraction of sp³-hybridized carbons (Fsp3) is 0.889. The van der Waals surface area contributed by atoms with Crippen LogP contribution in [0.1, 0.15) is 13.8 Å². The average molecular weight is 171 g/mol. The lowest BCUT2D eigenvalue weighted by atomic mass is 10.1. The predicted molar refractivity (Wildman–Crippen MR) is 46.8 cm³/mol. The maximum absolute atomic E-state index is 11.4. The largest absolute Gasteiger partial charge is 0.381 e. The van der Waals surface area contributed by atoms with Crippen LogP contribution in [0.3, 0.4) is 0 Å². The zero-order valence-corrected chi connectivity index (χ0v) is 8.04. The fourth-order valence-corrected chi connectivity index (χ4v) is 1.31. The summed E-state index contributed by atoms with van der Waals surface area (Å²) in [6.45, 7) is 6.33. The Kier molecular flexibility index (Phi) is 3.09. The average Bonchev–Trinajstić information content (AvgIpc) is 1.94. The molecule has 1 aliphatic rings. The summed E-state index contributed by atoms with van der Waals surface area (Å²) in [5.41, 5.74) is 0. The van der Waals surface area contributed by atoms with E-state index in [1.807, 2.05) is 20.9 Å². The Morgan fingerprint density at radius 2 is 2.17 bits per heavy atom. The van der Waals surface area contributed by atoms with Gasteiger partial charge in [-0.05, 0) is 0 Å². The van der Waals surface area contributed by atoms with E-state index in [1.165, 1.54) is 0 Å². The molecule has 1 aliphatic heterocycles. The molecule has 1 rings (SSSR count). The molecule has 0 spiro atoms. The molecular weight excluding hydrogens is 154 g/mol. The maximum Gasteiger partial charge on any atom is 0.224 e. The van der Waals surface area contributed by atoms with Gasteiger partial charge >= 0.3 is 0 Å². The Hall–Kier alpha value is -0.570. The van der Waals surface area contributed by atoms with E-state index in [9.17, 15) is 4.79 Å². The van der Waals surface area contributed by atoms with Crippen molar-refractivity contribution in [2.24, 2.45) is 11.8 Å². The Balaban J connectivity index is 2.26. The lowest BCUT2D eigenvalue weighted by Gasteiger charge is -2.31. The highest BCUT2D eigenvalue weighted by Gasteiger charge is 2.23. The first-order valence-electron chi connectivity index (χ1n) is 4.44. The van der Waals surface area contributed by atoms with Crippen molar-refractivity contribution in [2.75, 3.05) is 26.8 Å². The van der Waals surface area contributed by atoms with Crippen molar-refractivity contribution in [1.82, 2.24) is 4.90 Å². The normalized spacial score (nSPS) is 17.7. The van der Waals surface area contributed by atoms with Crippen LogP contribution in [0.25, 0.3) is 0 Å². The molecule has 1 fully saturated rings. The zero-order chi connectivity index (χ0) is 9.14. The molecule has 0 aromatic heterocycles. The smallest absolute Gasteiger partial charge is 0.224 e. The highest BCUT2D eigenvalue weighted by atomic mass is 16.5. The molecule has 1 heterocycles. The number of amides is 1. The highest BCUT2D eigenvalue weighted by Crippen LogP contribution is 2.12. The second-order valence-corrected chi connectivity index (χ2v) is 3.78. The topological polar surface area (TPSA) is 29.5 Å². The van der Waals surface area contributed by atoms with Crippen molar-refractivity contribution < 1.29 is 9.53 Å². The molecule has 0 aromatic carbocycles. The van der Waals surface area contributed by atoms with Crippen LogP contribution in [0.5, 0.6) is 0 Å². The first kappa shape index (κ1) is 9.52. The van der Waals surface area contributed by atoms with E-state index < -0.39 is 0 Å². The fourth-order valence-electron chi connectivity index (χ4n) is 1.31. The van der Waals surface area contributed by atoms with Crippen molar-refractivity contribution in [2.45, 2.75) is 13.8 Å². The number of nitrogens with zero attached hydrogens (tertiary/aromatic N) is 1. The molecule has 12 heavy (non-hydrogen) atoms. The summed E-state index contributed by atoms with van der Waals surface area (Å²) in [6, 6.07) is 0. The summed E-state index contributed by atoms with van der Waals surface area (Å²) < 4.78 is 5.04. The van der Waals surface area contributed by atoms with Gasteiger partial charge in [-0.3, -0.25) is 4.79 Å². The summed E-state index contributed by atoms with van der Waals surface area (Å²) in [4.78, 5) is 13.2. The van der Waals surface area contributed by atoms with Crippen LogP contribution in [-0.4, -0.2) is 37.6 Å². The van der Waals surface area contributed by atoms with Crippen molar-refractivity contribution >= 4 is 5.91 Å². The summed E-state index contributed by atoms with van der Waals surface area (Å²) in [7, 11) is 1.86. The van der Waals surface area contributed by atoms with Crippen LogP contribution >= 0.6 is 0 Å². The molecule has 0 unspecified atom stereocenters. The zero-order valence-electron chi connectivity index (χ0n) is 8.04. The van der Waals surface area contributed by atoms with Crippen molar-refractivity contribution in [3.05, 3.63) is 0 Å². The third-order valence-corrected chi connectivity index (χ3v) is 2.11. The van der Waals surface area contributed by atoms with Crippen molar-refractivity contribution in [3.8, 4) is 0 Å². The third-order valence-electron chi connectivity index (χ3n) is 2.11. The molecular formula is C9H17NO2. The van der Waals surface area contributed by atoms with Crippen molar-refractivity contribution in [3.63, 3.8) is 0 Å². The summed E-state index contributed by atoms with van der Waals surface area (Å²) in [5.74, 6) is 0.899. The van der Waals surface area contributed by atoms with E-state index in [0.29, 0.717) is 5.92 Å². The van der Waals surface area contributed by atoms with Crippen LogP contribution < -0.4 is 0 Å². The summed E-state index contributed by atoms with van der Waals surface area (Å²) >= 11 is 0.